The Hall–Kier alpha value is -2.98. The fraction of sp³-hybridized carbons (Fsp3) is 0.533. The van der Waals surface area contributed by atoms with Crippen molar-refractivity contribution in [2.45, 2.75) is 57.3 Å². The van der Waals surface area contributed by atoms with Crippen LogP contribution in [0.5, 0.6) is 5.75 Å². The quantitative estimate of drug-likeness (QED) is 0.406. The van der Waals surface area contributed by atoms with Gasteiger partial charge in [0.25, 0.3) is 17.4 Å². The Morgan fingerprint density at radius 3 is 2.46 bits per heavy atom. The Morgan fingerprint density at radius 1 is 1.20 bits per heavy atom. The van der Waals surface area contributed by atoms with E-state index in [2.05, 4.69) is 10.2 Å². The SMILES string of the molecule is COc1cccc(C(O)(C(=O)NCC[C@H]2CC23CCN(c2ccc(C(=O)N(C)C(C)C)c(Cl)c2)CC3)C(F)(F)F)c1. The van der Waals surface area contributed by atoms with Crippen LogP contribution in [0.4, 0.5) is 18.9 Å². The van der Waals surface area contributed by atoms with Crippen molar-refractivity contribution in [1.29, 1.82) is 0 Å². The van der Waals surface area contributed by atoms with Crippen molar-refractivity contribution in [3.8, 4) is 5.75 Å². The maximum absolute atomic E-state index is 13.9. The van der Waals surface area contributed by atoms with E-state index in [4.69, 9.17) is 16.3 Å². The lowest BCUT2D eigenvalue weighted by Crippen LogP contribution is -2.54. The first kappa shape index (κ1) is 31.0. The highest BCUT2D eigenvalue weighted by atomic mass is 35.5. The third-order valence-corrected chi connectivity index (χ3v) is 9.08. The zero-order chi connectivity index (χ0) is 30.2. The van der Waals surface area contributed by atoms with E-state index in [1.807, 2.05) is 26.0 Å². The van der Waals surface area contributed by atoms with Crippen molar-refractivity contribution >= 4 is 29.1 Å². The zero-order valence-electron chi connectivity index (χ0n) is 23.7. The molecule has 1 aliphatic carbocycles. The first-order chi connectivity index (χ1) is 19.2. The van der Waals surface area contributed by atoms with E-state index in [-0.39, 0.29) is 35.6 Å². The van der Waals surface area contributed by atoms with Crippen LogP contribution in [-0.4, -0.2) is 67.8 Å². The molecule has 224 valence electrons. The van der Waals surface area contributed by atoms with Crippen LogP contribution in [0.15, 0.2) is 42.5 Å². The van der Waals surface area contributed by atoms with Crippen LogP contribution in [0.2, 0.25) is 5.02 Å². The molecule has 1 spiro atoms. The fourth-order valence-corrected chi connectivity index (χ4v) is 5.98. The number of amides is 2. The van der Waals surface area contributed by atoms with E-state index in [9.17, 15) is 27.9 Å². The third kappa shape index (κ3) is 6.14. The molecule has 0 radical (unpaired) electrons. The van der Waals surface area contributed by atoms with Crippen LogP contribution in [0.1, 0.15) is 55.5 Å². The minimum atomic E-state index is -5.21. The number of hydrogen-bond donors (Lipinski definition) is 2. The van der Waals surface area contributed by atoms with Gasteiger partial charge in [-0.1, -0.05) is 23.7 Å². The Balaban J connectivity index is 1.31. The number of piperidine rings is 1. The summed E-state index contributed by atoms with van der Waals surface area (Å²) in [7, 11) is 3.04. The molecule has 11 heteroatoms. The van der Waals surface area contributed by atoms with Gasteiger partial charge in [-0.15, -0.1) is 0 Å². The second kappa shape index (κ2) is 11.7. The summed E-state index contributed by atoms with van der Waals surface area (Å²) in [5, 5.41) is 13.3. The van der Waals surface area contributed by atoms with Gasteiger partial charge in [-0.25, -0.2) is 0 Å². The number of hydrogen-bond acceptors (Lipinski definition) is 5. The van der Waals surface area contributed by atoms with Crippen LogP contribution in [-0.2, 0) is 10.4 Å². The lowest BCUT2D eigenvalue weighted by atomic mass is 9.89. The van der Waals surface area contributed by atoms with E-state index < -0.39 is 23.2 Å². The number of benzene rings is 2. The van der Waals surface area contributed by atoms with Crippen molar-refractivity contribution in [2.75, 3.05) is 38.7 Å². The number of alkyl halides is 3. The van der Waals surface area contributed by atoms with Gasteiger partial charge in [0.05, 0.1) is 17.7 Å². The number of ether oxygens (including phenoxy) is 1. The summed E-state index contributed by atoms with van der Waals surface area (Å²) in [6, 6.07) is 10.4. The maximum Gasteiger partial charge on any atom is 0.430 e. The standard InChI is InChI=1S/C30H37ClF3N3O4/c1-19(2)36(3)26(38)24-9-8-22(17-25(24)31)37-14-11-28(12-15-37)18-21(28)10-13-35-27(39)29(40,30(32,33)34)20-6-5-7-23(16-20)41-4/h5-9,16-17,19,21,40H,10-15,18H2,1-4H3,(H,35,39)/t21-,29?/m0/s1. The van der Waals surface area contributed by atoms with Crippen molar-refractivity contribution in [3.05, 3.63) is 58.6 Å². The second-order valence-electron chi connectivity index (χ2n) is 11.4. The molecule has 2 N–H and O–H groups in total. The molecular weight excluding hydrogens is 559 g/mol. The molecule has 1 aliphatic heterocycles. The third-order valence-electron chi connectivity index (χ3n) is 8.77. The first-order valence-corrected chi connectivity index (χ1v) is 14.1. The Labute approximate surface area is 243 Å². The molecule has 2 atom stereocenters. The van der Waals surface area contributed by atoms with Crippen LogP contribution in [0.25, 0.3) is 0 Å². The minimum absolute atomic E-state index is 0.0350. The number of nitrogens with one attached hydrogen (secondary N) is 1. The number of carbonyl (C=O) groups is 2. The predicted molar refractivity (Wildman–Crippen MR) is 151 cm³/mol. The highest BCUT2D eigenvalue weighted by Gasteiger charge is 2.61. The monoisotopic (exact) mass is 595 g/mol. The van der Waals surface area contributed by atoms with E-state index >= 15 is 0 Å². The van der Waals surface area contributed by atoms with E-state index in [1.54, 1.807) is 18.0 Å². The molecule has 1 saturated carbocycles. The molecule has 1 saturated heterocycles. The van der Waals surface area contributed by atoms with Crippen LogP contribution < -0.4 is 15.0 Å². The summed E-state index contributed by atoms with van der Waals surface area (Å²) >= 11 is 6.48. The summed E-state index contributed by atoms with van der Waals surface area (Å²) in [5.74, 6) is -1.23. The van der Waals surface area contributed by atoms with Gasteiger partial charge in [0, 0.05) is 44.0 Å². The van der Waals surface area contributed by atoms with Crippen molar-refractivity contribution in [1.82, 2.24) is 10.2 Å². The van der Waals surface area contributed by atoms with Crippen molar-refractivity contribution in [3.63, 3.8) is 0 Å². The molecule has 7 nitrogen and oxygen atoms in total. The second-order valence-corrected chi connectivity index (χ2v) is 11.8. The lowest BCUT2D eigenvalue weighted by molar-refractivity contribution is -0.257. The largest absolute Gasteiger partial charge is 0.497 e. The molecule has 2 aromatic rings. The Bertz CT molecular complexity index is 1280. The van der Waals surface area contributed by atoms with Gasteiger partial charge >= 0.3 is 6.18 Å². The summed E-state index contributed by atoms with van der Waals surface area (Å²) in [6.45, 7) is 5.50. The zero-order valence-corrected chi connectivity index (χ0v) is 24.5. The number of carbonyl (C=O) groups excluding carboxylic acids is 2. The van der Waals surface area contributed by atoms with Crippen LogP contribution in [0.3, 0.4) is 0 Å². The predicted octanol–water partition coefficient (Wildman–Crippen LogP) is 5.39. The lowest BCUT2D eigenvalue weighted by Gasteiger charge is -2.35. The summed E-state index contributed by atoms with van der Waals surface area (Å²) in [5.41, 5.74) is -2.76. The van der Waals surface area contributed by atoms with Crippen LogP contribution in [0, 0.1) is 11.3 Å². The first-order valence-electron chi connectivity index (χ1n) is 13.8. The van der Waals surface area contributed by atoms with Gasteiger partial charge in [0.1, 0.15) is 5.75 Å². The van der Waals surface area contributed by atoms with Crippen molar-refractivity contribution in [2.24, 2.45) is 11.3 Å². The molecule has 2 fully saturated rings. The van der Waals surface area contributed by atoms with Gasteiger partial charge in [-0.2, -0.15) is 13.2 Å². The number of rotatable bonds is 9. The number of halogens is 4. The molecule has 1 unspecified atom stereocenters. The molecule has 2 aliphatic rings. The van der Waals surface area contributed by atoms with Gasteiger partial charge in [0.15, 0.2) is 0 Å². The number of aliphatic hydroxyl groups is 1. The molecule has 0 aromatic heterocycles. The minimum Gasteiger partial charge on any atom is -0.497 e. The average molecular weight is 596 g/mol. The van der Waals surface area contributed by atoms with Gasteiger partial charge in [-0.3, -0.25) is 9.59 Å². The summed E-state index contributed by atoms with van der Waals surface area (Å²) in [6.07, 6.45) is -1.90. The normalized spacial score (nSPS) is 19.6. The molecule has 4 rings (SSSR count). The fourth-order valence-electron chi connectivity index (χ4n) is 5.72. The molecule has 1 heterocycles. The molecule has 2 aromatic carbocycles. The molecular formula is C30H37ClF3N3O4. The smallest absolute Gasteiger partial charge is 0.430 e. The highest BCUT2D eigenvalue weighted by molar-refractivity contribution is 6.34. The summed E-state index contributed by atoms with van der Waals surface area (Å²) < 4.78 is 46.7. The molecule has 0 bridgehead atoms. The Morgan fingerprint density at radius 2 is 1.88 bits per heavy atom. The molecule has 41 heavy (non-hydrogen) atoms. The molecule has 2 amide bonds. The van der Waals surface area contributed by atoms with Gasteiger partial charge in [-0.05, 0) is 81.2 Å². The average Bonchev–Trinajstić information content (AvgIpc) is 3.61. The van der Waals surface area contributed by atoms with E-state index in [0.717, 1.165) is 50.2 Å². The van der Waals surface area contributed by atoms with Gasteiger partial charge < -0.3 is 25.0 Å². The topological polar surface area (TPSA) is 82.1 Å². The van der Waals surface area contributed by atoms with Crippen molar-refractivity contribution < 1.29 is 32.6 Å². The van der Waals surface area contributed by atoms with E-state index in [1.165, 1.54) is 19.2 Å². The number of anilines is 1. The van der Waals surface area contributed by atoms with Gasteiger partial charge in [0.2, 0.25) is 0 Å². The maximum atomic E-state index is 13.9. The summed E-state index contributed by atoms with van der Waals surface area (Å²) in [4.78, 5) is 29.2. The van der Waals surface area contributed by atoms with Crippen LogP contribution >= 0.6 is 11.6 Å². The van der Waals surface area contributed by atoms with E-state index in [0.29, 0.717) is 17.0 Å². The highest BCUT2D eigenvalue weighted by Crippen LogP contribution is 2.61. The number of methoxy groups -OCH3 is 1. The number of nitrogens with zero attached hydrogens (tertiary/aromatic N) is 2. The Kier molecular flexibility index (Phi) is 8.85.